The van der Waals surface area contributed by atoms with Crippen molar-refractivity contribution in [2.45, 2.75) is 25.8 Å². The summed E-state index contributed by atoms with van der Waals surface area (Å²) in [5, 5.41) is 6.53. The molecule has 27 heavy (non-hydrogen) atoms. The van der Waals surface area contributed by atoms with Crippen LogP contribution in [0.1, 0.15) is 28.8 Å². The number of anilines is 1. The lowest BCUT2D eigenvalue weighted by molar-refractivity contribution is -0.897. The minimum Gasteiger partial charge on any atom is -0.349 e. The third-order valence-corrected chi connectivity index (χ3v) is 5.31. The van der Waals surface area contributed by atoms with Crippen LogP contribution >= 0.6 is 11.6 Å². The van der Waals surface area contributed by atoms with E-state index in [0.29, 0.717) is 17.3 Å². The van der Waals surface area contributed by atoms with Gasteiger partial charge >= 0.3 is 0 Å². The monoisotopic (exact) mass is 386 g/mol. The van der Waals surface area contributed by atoms with Crippen molar-refractivity contribution >= 4 is 29.1 Å². The maximum Gasteiger partial charge on any atom is 0.279 e. The van der Waals surface area contributed by atoms with Gasteiger partial charge in [-0.25, -0.2) is 0 Å². The summed E-state index contributed by atoms with van der Waals surface area (Å²) in [4.78, 5) is 25.9. The number of hydrogen-bond donors (Lipinski definition) is 3. The average Bonchev–Trinajstić information content (AvgIpc) is 2.65. The number of carbonyl (C=O) groups excluding carboxylic acids is 2. The fourth-order valence-corrected chi connectivity index (χ4v) is 3.60. The zero-order valence-electron chi connectivity index (χ0n) is 15.4. The van der Waals surface area contributed by atoms with Crippen LogP contribution in [0.15, 0.2) is 48.5 Å². The molecule has 1 heterocycles. The highest BCUT2D eigenvalue weighted by atomic mass is 35.5. The second kappa shape index (κ2) is 9.02. The molecule has 0 radical (unpaired) electrons. The van der Waals surface area contributed by atoms with Crippen LogP contribution in [0.25, 0.3) is 0 Å². The molecule has 3 N–H and O–H groups in total. The minimum absolute atomic E-state index is 0.0157. The van der Waals surface area contributed by atoms with Crippen LogP contribution < -0.4 is 15.5 Å². The third-order valence-electron chi connectivity index (χ3n) is 4.98. The van der Waals surface area contributed by atoms with Crippen molar-refractivity contribution in [3.63, 3.8) is 0 Å². The van der Waals surface area contributed by atoms with Gasteiger partial charge in [-0.05, 0) is 30.7 Å². The molecule has 5 nitrogen and oxygen atoms in total. The third kappa shape index (κ3) is 5.31. The van der Waals surface area contributed by atoms with Gasteiger partial charge in [0.25, 0.3) is 11.8 Å². The van der Waals surface area contributed by atoms with Crippen LogP contribution in [-0.2, 0) is 4.79 Å². The summed E-state index contributed by atoms with van der Waals surface area (Å²) in [6.07, 6.45) is 1.73. The molecule has 142 valence electrons. The van der Waals surface area contributed by atoms with Crippen molar-refractivity contribution in [3.8, 4) is 0 Å². The smallest absolute Gasteiger partial charge is 0.279 e. The van der Waals surface area contributed by atoms with Crippen molar-refractivity contribution in [2.75, 3.05) is 25.0 Å². The van der Waals surface area contributed by atoms with E-state index in [4.69, 9.17) is 11.6 Å². The van der Waals surface area contributed by atoms with Gasteiger partial charge < -0.3 is 15.5 Å². The topological polar surface area (TPSA) is 62.6 Å². The van der Waals surface area contributed by atoms with Crippen LogP contribution in [0.3, 0.4) is 0 Å². The maximum absolute atomic E-state index is 12.4. The summed E-state index contributed by atoms with van der Waals surface area (Å²) >= 11 is 6.08. The summed E-state index contributed by atoms with van der Waals surface area (Å²) < 4.78 is 0. The number of benzene rings is 2. The number of rotatable bonds is 5. The molecule has 3 rings (SSSR count). The van der Waals surface area contributed by atoms with Gasteiger partial charge in [-0.3, -0.25) is 9.59 Å². The molecule has 0 unspecified atom stereocenters. The first-order valence-electron chi connectivity index (χ1n) is 9.27. The van der Waals surface area contributed by atoms with Crippen molar-refractivity contribution in [1.29, 1.82) is 0 Å². The largest absolute Gasteiger partial charge is 0.349 e. The lowest BCUT2D eigenvalue weighted by Gasteiger charge is -2.29. The molecule has 1 fully saturated rings. The lowest BCUT2D eigenvalue weighted by atomic mass is 10.0. The number of piperidine rings is 1. The Labute approximate surface area is 164 Å². The number of aryl methyl sites for hydroxylation is 1. The molecular weight excluding hydrogens is 362 g/mol. The van der Waals surface area contributed by atoms with Gasteiger partial charge in [0.15, 0.2) is 6.54 Å². The highest BCUT2D eigenvalue weighted by Gasteiger charge is 2.25. The number of likely N-dealkylation sites (tertiary alicyclic amines) is 1. The van der Waals surface area contributed by atoms with Gasteiger partial charge in [-0.1, -0.05) is 41.9 Å². The van der Waals surface area contributed by atoms with E-state index in [1.807, 2.05) is 43.3 Å². The van der Waals surface area contributed by atoms with Gasteiger partial charge in [-0.2, -0.15) is 0 Å². The van der Waals surface area contributed by atoms with Crippen molar-refractivity contribution in [2.24, 2.45) is 0 Å². The molecule has 0 spiro atoms. The zero-order valence-corrected chi connectivity index (χ0v) is 16.2. The lowest BCUT2D eigenvalue weighted by Crippen LogP contribution is -3.14. The molecule has 0 atom stereocenters. The number of carbonyl (C=O) groups is 2. The number of quaternary nitrogens is 1. The van der Waals surface area contributed by atoms with E-state index in [1.165, 1.54) is 4.90 Å². The Kier molecular flexibility index (Phi) is 6.48. The number of nitrogens with one attached hydrogen (secondary N) is 3. The molecule has 2 aromatic carbocycles. The highest BCUT2D eigenvalue weighted by molar-refractivity contribution is 6.33. The SMILES string of the molecule is Cc1ccccc1C(=O)NC1CC[NH+](CC(=O)Nc2ccccc2Cl)CC1. The number of para-hydroxylation sites is 1. The first-order chi connectivity index (χ1) is 13.0. The Hall–Kier alpha value is -2.37. The maximum atomic E-state index is 12.4. The number of hydrogen-bond acceptors (Lipinski definition) is 2. The summed E-state index contributed by atoms with van der Waals surface area (Å²) in [6, 6.07) is 15.0. The second-order valence-corrected chi connectivity index (χ2v) is 7.42. The second-order valence-electron chi connectivity index (χ2n) is 7.02. The molecule has 1 aliphatic heterocycles. The quantitative estimate of drug-likeness (QED) is 0.736. The van der Waals surface area contributed by atoms with Crippen molar-refractivity contribution in [1.82, 2.24) is 5.32 Å². The fourth-order valence-electron chi connectivity index (χ4n) is 3.42. The normalized spacial score (nSPS) is 19.3. The Morgan fingerprint density at radius 1 is 1.07 bits per heavy atom. The average molecular weight is 387 g/mol. The number of halogens is 1. The van der Waals surface area contributed by atoms with E-state index in [0.717, 1.165) is 37.1 Å². The van der Waals surface area contributed by atoms with E-state index >= 15 is 0 Å². The van der Waals surface area contributed by atoms with E-state index in [2.05, 4.69) is 10.6 Å². The number of amides is 2. The summed E-state index contributed by atoms with van der Waals surface area (Å²) in [6.45, 7) is 4.06. The molecular formula is C21H25ClN3O2+. The van der Waals surface area contributed by atoms with E-state index < -0.39 is 0 Å². The molecule has 1 aliphatic rings. The molecule has 2 amide bonds. The van der Waals surface area contributed by atoms with E-state index in [-0.39, 0.29) is 17.9 Å². The molecule has 2 aromatic rings. The molecule has 1 saturated heterocycles. The summed E-state index contributed by atoms with van der Waals surface area (Å²) in [5.74, 6) is -0.0569. The predicted octanol–water partition coefficient (Wildman–Crippen LogP) is 2.06. The molecule has 0 aromatic heterocycles. The van der Waals surface area contributed by atoms with Crippen LogP contribution in [0.4, 0.5) is 5.69 Å². The molecule has 0 aliphatic carbocycles. The molecule has 6 heteroatoms. The summed E-state index contributed by atoms with van der Waals surface area (Å²) in [7, 11) is 0. The Balaban J connectivity index is 1.45. The van der Waals surface area contributed by atoms with E-state index in [9.17, 15) is 9.59 Å². The standard InChI is InChI=1S/C21H24ClN3O2/c1-15-6-2-3-7-17(15)21(27)23-16-10-12-25(13-11-16)14-20(26)24-19-9-5-4-8-18(19)22/h2-9,16H,10-14H2,1H3,(H,23,27)(H,24,26)/p+1. The van der Waals surface area contributed by atoms with Gasteiger partial charge in [0.05, 0.1) is 23.8 Å². The van der Waals surface area contributed by atoms with Crippen LogP contribution in [0, 0.1) is 6.92 Å². The Bertz CT molecular complexity index is 817. The Morgan fingerprint density at radius 3 is 2.44 bits per heavy atom. The van der Waals surface area contributed by atoms with Crippen molar-refractivity contribution < 1.29 is 14.5 Å². The van der Waals surface area contributed by atoms with Gasteiger partial charge in [-0.15, -0.1) is 0 Å². The van der Waals surface area contributed by atoms with Gasteiger partial charge in [0.2, 0.25) is 0 Å². The van der Waals surface area contributed by atoms with Crippen LogP contribution in [-0.4, -0.2) is 37.5 Å². The van der Waals surface area contributed by atoms with Crippen molar-refractivity contribution in [3.05, 3.63) is 64.7 Å². The predicted molar refractivity (Wildman–Crippen MR) is 107 cm³/mol. The van der Waals surface area contributed by atoms with E-state index in [1.54, 1.807) is 12.1 Å². The van der Waals surface area contributed by atoms with Crippen LogP contribution in [0.5, 0.6) is 0 Å². The highest BCUT2D eigenvalue weighted by Crippen LogP contribution is 2.19. The van der Waals surface area contributed by atoms with Gasteiger partial charge in [0, 0.05) is 24.4 Å². The fraction of sp³-hybridized carbons (Fsp3) is 0.333. The molecule has 0 saturated carbocycles. The van der Waals surface area contributed by atoms with Gasteiger partial charge in [0.1, 0.15) is 0 Å². The molecule has 0 bridgehead atoms. The van der Waals surface area contributed by atoms with Crippen LogP contribution in [0.2, 0.25) is 5.02 Å². The Morgan fingerprint density at radius 2 is 1.74 bits per heavy atom. The summed E-state index contributed by atoms with van der Waals surface area (Å²) in [5.41, 5.74) is 2.35. The first kappa shape index (κ1) is 19.4. The zero-order chi connectivity index (χ0) is 19.2. The first-order valence-corrected chi connectivity index (χ1v) is 9.65. The minimum atomic E-state index is -0.0412.